The minimum Gasteiger partial charge on any atom is -0.497 e. The molecule has 0 unspecified atom stereocenters. The lowest BCUT2D eigenvalue weighted by atomic mass is 10.1. The van der Waals surface area contributed by atoms with E-state index < -0.39 is 0 Å². The Morgan fingerprint density at radius 3 is 2.50 bits per heavy atom. The number of thiazole rings is 1. The van der Waals surface area contributed by atoms with E-state index in [0.29, 0.717) is 28.7 Å². The number of aromatic nitrogens is 1. The summed E-state index contributed by atoms with van der Waals surface area (Å²) in [5.41, 5.74) is 1.60. The van der Waals surface area contributed by atoms with E-state index in [0.717, 1.165) is 28.1 Å². The average Bonchev–Trinajstić information content (AvgIpc) is 3.37. The largest absolute Gasteiger partial charge is 0.497 e. The van der Waals surface area contributed by atoms with Gasteiger partial charge < -0.3 is 9.64 Å². The fraction of sp³-hybridized carbons (Fsp3) is 0.333. The number of halogens is 1. The lowest BCUT2D eigenvalue weighted by molar-refractivity contribution is -0.121. The zero-order valence-corrected chi connectivity index (χ0v) is 20.9. The third-order valence-electron chi connectivity index (χ3n) is 5.45. The van der Waals surface area contributed by atoms with Crippen LogP contribution in [0.5, 0.6) is 5.75 Å². The van der Waals surface area contributed by atoms with E-state index >= 15 is 0 Å². The van der Waals surface area contributed by atoms with Crippen LogP contribution >= 0.6 is 23.7 Å². The van der Waals surface area contributed by atoms with Gasteiger partial charge in [0.05, 0.1) is 23.0 Å². The first-order chi connectivity index (χ1) is 15.9. The van der Waals surface area contributed by atoms with Crippen LogP contribution in [0.3, 0.4) is 0 Å². The molecule has 10 heteroatoms. The number of anilines is 2. The Labute approximate surface area is 208 Å². The number of ether oxygens (including phenoxy) is 1. The highest BCUT2D eigenvalue weighted by molar-refractivity contribution is 7.22. The molecule has 0 atom stereocenters. The normalized spacial score (nSPS) is 13.5. The van der Waals surface area contributed by atoms with E-state index in [-0.39, 0.29) is 43.0 Å². The molecule has 0 bridgehead atoms. The van der Waals surface area contributed by atoms with Crippen LogP contribution in [0.4, 0.5) is 10.8 Å². The first-order valence-corrected chi connectivity index (χ1v) is 11.6. The van der Waals surface area contributed by atoms with E-state index in [2.05, 4.69) is 4.90 Å². The number of amides is 3. The summed E-state index contributed by atoms with van der Waals surface area (Å²) in [7, 11) is 5.59. The van der Waals surface area contributed by atoms with Crippen molar-refractivity contribution in [2.24, 2.45) is 0 Å². The first-order valence-electron chi connectivity index (χ1n) is 10.7. The molecule has 4 rings (SSSR count). The molecule has 180 valence electrons. The second kappa shape index (κ2) is 10.9. The second-order valence-electron chi connectivity index (χ2n) is 8.12. The number of hydrogen-bond donors (Lipinski definition) is 0. The Hall–Kier alpha value is -3.01. The Bertz CT molecular complexity index is 1200. The van der Waals surface area contributed by atoms with Crippen molar-refractivity contribution < 1.29 is 19.1 Å². The van der Waals surface area contributed by atoms with E-state index in [4.69, 9.17) is 9.72 Å². The van der Waals surface area contributed by atoms with Gasteiger partial charge in [-0.15, -0.1) is 12.4 Å². The van der Waals surface area contributed by atoms with Gasteiger partial charge in [-0.05, 0) is 57.4 Å². The zero-order valence-electron chi connectivity index (χ0n) is 19.3. The fourth-order valence-corrected chi connectivity index (χ4v) is 4.74. The lowest BCUT2D eigenvalue weighted by Gasteiger charge is -2.22. The molecule has 1 fully saturated rings. The lowest BCUT2D eigenvalue weighted by Crippen LogP contribution is -2.34. The molecule has 2 heterocycles. The molecule has 1 saturated heterocycles. The summed E-state index contributed by atoms with van der Waals surface area (Å²) in [4.78, 5) is 47.6. The SMILES string of the molecule is COc1ccc2sc(N(CCCN(C)C)C(=O)c3cccc(N4C(=O)CCC4=O)c3)nc2c1.Cl. The topological polar surface area (TPSA) is 83.0 Å². The molecular weight excluding hydrogens is 476 g/mol. The van der Waals surface area contributed by atoms with Crippen molar-refractivity contribution in [3.05, 3.63) is 48.0 Å². The molecule has 8 nitrogen and oxygen atoms in total. The van der Waals surface area contributed by atoms with Crippen molar-refractivity contribution in [1.82, 2.24) is 9.88 Å². The van der Waals surface area contributed by atoms with Crippen molar-refractivity contribution in [3.8, 4) is 5.75 Å². The van der Waals surface area contributed by atoms with Crippen LogP contribution in [0.2, 0.25) is 0 Å². The van der Waals surface area contributed by atoms with Gasteiger partial charge in [-0.2, -0.15) is 0 Å². The molecule has 0 aliphatic carbocycles. The van der Waals surface area contributed by atoms with Crippen LogP contribution in [0.1, 0.15) is 29.6 Å². The van der Waals surface area contributed by atoms with Gasteiger partial charge in [0.1, 0.15) is 5.75 Å². The van der Waals surface area contributed by atoms with Gasteiger partial charge in [-0.3, -0.25) is 24.2 Å². The van der Waals surface area contributed by atoms with E-state index in [1.165, 1.54) is 11.3 Å². The molecular formula is C24H27ClN4O4S. The minimum absolute atomic E-state index is 0. The number of fused-ring (bicyclic) bond motifs is 1. The average molecular weight is 503 g/mol. The highest BCUT2D eigenvalue weighted by Gasteiger charge is 2.31. The number of benzene rings is 2. The number of carbonyl (C=O) groups excluding carboxylic acids is 3. The van der Waals surface area contributed by atoms with Crippen molar-refractivity contribution >= 4 is 62.5 Å². The third-order valence-corrected chi connectivity index (χ3v) is 6.51. The van der Waals surface area contributed by atoms with Gasteiger partial charge >= 0.3 is 0 Å². The van der Waals surface area contributed by atoms with Gasteiger partial charge in [-0.25, -0.2) is 4.98 Å². The van der Waals surface area contributed by atoms with Crippen LogP contribution in [-0.2, 0) is 9.59 Å². The van der Waals surface area contributed by atoms with Gasteiger partial charge in [0.25, 0.3) is 5.91 Å². The fourth-order valence-electron chi connectivity index (χ4n) is 3.77. The Kier molecular flexibility index (Phi) is 8.24. The third kappa shape index (κ3) is 5.38. The molecule has 0 radical (unpaired) electrons. The summed E-state index contributed by atoms with van der Waals surface area (Å²) in [5, 5.41) is 0.598. The van der Waals surface area contributed by atoms with E-state index in [9.17, 15) is 14.4 Å². The highest BCUT2D eigenvalue weighted by Crippen LogP contribution is 2.32. The quantitative estimate of drug-likeness (QED) is 0.433. The molecule has 1 aliphatic rings. The highest BCUT2D eigenvalue weighted by atomic mass is 35.5. The van der Waals surface area contributed by atoms with Gasteiger partial charge in [-0.1, -0.05) is 17.4 Å². The molecule has 1 aliphatic heterocycles. The van der Waals surface area contributed by atoms with Crippen molar-refractivity contribution in [2.45, 2.75) is 19.3 Å². The maximum absolute atomic E-state index is 13.6. The molecule has 3 amide bonds. The Morgan fingerprint density at radius 2 is 1.82 bits per heavy atom. The number of nitrogens with zero attached hydrogens (tertiary/aromatic N) is 4. The zero-order chi connectivity index (χ0) is 23.5. The van der Waals surface area contributed by atoms with Crippen molar-refractivity contribution in [3.63, 3.8) is 0 Å². The summed E-state index contributed by atoms with van der Waals surface area (Å²) in [5.74, 6) is -0.00155. The van der Waals surface area contributed by atoms with Gasteiger partial charge in [0.2, 0.25) is 11.8 Å². The molecule has 0 saturated carbocycles. The smallest absolute Gasteiger partial charge is 0.260 e. The second-order valence-corrected chi connectivity index (χ2v) is 9.13. The summed E-state index contributed by atoms with van der Waals surface area (Å²) in [6, 6.07) is 12.3. The first kappa shape index (κ1) is 25.6. The number of carbonyl (C=O) groups is 3. The predicted octanol–water partition coefficient (Wildman–Crippen LogP) is 3.98. The minimum atomic E-state index is -0.243. The van der Waals surface area contributed by atoms with Crippen LogP contribution in [0.15, 0.2) is 42.5 Å². The summed E-state index contributed by atoms with van der Waals surface area (Å²) < 4.78 is 6.25. The number of methoxy groups -OCH3 is 1. The van der Waals surface area contributed by atoms with Gasteiger partial charge in [0, 0.05) is 31.0 Å². The molecule has 0 spiro atoms. The van der Waals surface area contributed by atoms with Crippen LogP contribution < -0.4 is 14.5 Å². The van der Waals surface area contributed by atoms with E-state index in [1.807, 2.05) is 32.3 Å². The maximum Gasteiger partial charge on any atom is 0.260 e. The summed E-state index contributed by atoms with van der Waals surface area (Å²) in [6.45, 7) is 1.30. The molecule has 2 aromatic carbocycles. The Balaban J connectivity index is 0.00000324. The van der Waals surface area contributed by atoms with Crippen LogP contribution in [-0.4, -0.2) is 61.9 Å². The van der Waals surface area contributed by atoms with Crippen LogP contribution in [0, 0.1) is 0 Å². The molecule has 0 N–H and O–H groups in total. The monoisotopic (exact) mass is 502 g/mol. The number of hydrogen-bond acceptors (Lipinski definition) is 7. The van der Waals surface area contributed by atoms with Crippen LogP contribution in [0.25, 0.3) is 10.2 Å². The Morgan fingerprint density at radius 1 is 1.09 bits per heavy atom. The summed E-state index contributed by atoms with van der Waals surface area (Å²) in [6.07, 6.45) is 1.16. The standard InChI is InChI=1S/C24H26N4O4S.ClH/c1-26(2)12-5-13-27(24-25-19-15-18(32-3)8-9-20(19)33-24)23(31)16-6-4-7-17(14-16)28-21(29)10-11-22(28)30;/h4,6-9,14-15H,5,10-13H2,1-3H3;1H. The van der Waals surface area contributed by atoms with Gasteiger partial charge in [0.15, 0.2) is 5.13 Å². The number of rotatable bonds is 8. The maximum atomic E-state index is 13.6. The molecule has 3 aromatic rings. The van der Waals surface area contributed by atoms with Crippen molar-refractivity contribution in [1.29, 1.82) is 0 Å². The van der Waals surface area contributed by atoms with Crippen molar-refractivity contribution in [2.75, 3.05) is 44.1 Å². The van der Waals surface area contributed by atoms with E-state index in [1.54, 1.807) is 36.3 Å². The predicted molar refractivity (Wildman–Crippen MR) is 136 cm³/mol. The molecule has 1 aromatic heterocycles. The molecule has 34 heavy (non-hydrogen) atoms. The number of imide groups is 1. The summed E-state index contributed by atoms with van der Waals surface area (Å²) >= 11 is 1.44.